The van der Waals surface area contributed by atoms with Crippen LogP contribution >= 0.6 is 0 Å². The Balaban J connectivity index is 1.41. The molecule has 4 heterocycles. The van der Waals surface area contributed by atoms with Crippen molar-refractivity contribution in [2.75, 3.05) is 45.2 Å². The van der Waals surface area contributed by atoms with Gasteiger partial charge in [-0.3, -0.25) is 14.3 Å². The quantitative estimate of drug-likeness (QED) is 0.317. The summed E-state index contributed by atoms with van der Waals surface area (Å²) in [4.78, 5) is 6.66. The fraction of sp³-hybridized carbons (Fsp3) is 0.370. The highest BCUT2D eigenvalue weighted by atomic mass is 32.2. The molecule has 0 bridgehead atoms. The molecule has 0 atom stereocenters. The monoisotopic (exact) mass is 566 g/mol. The minimum atomic E-state index is -4.14. The molecular formula is C27H30N6O6S. The number of methoxy groups -OCH3 is 2. The molecule has 40 heavy (non-hydrogen) atoms. The molecule has 13 heteroatoms. The lowest BCUT2D eigenvalue weighted by molar-refractivity contribution is 0.00739. The van der Waals surface area contributed by atoms with Crippen molar-refractivity contribution >= 4 is 26.8 Å². The van der Waals surface area contributed by atoms with Crippen LogP contribution in [0.3, 0.4) is 0 Å². The number of nitrogens with zero attached hydrogens (tertiary/aromatic N) is 5. The Morgan fingerprint density at radius 3 is 2.65 bits per heavy atom. The molecule has 0 saturated carbocycles. The Bertz CT molecular complexity index is 1660. The number of hydrogen-bond acceptors (Lipinski definition) is 10. The van der Waals surface area contributed by atoms with Crippen molar-refractivity contribution in [3.05, 3.63) is 54.0 Å². The second kappa shape index (κ2) is 11.2. The number of sulfonamides is 1. The summed E-state index contributed by atoms with van der Waals surface area (Å²) in [7, 11) is -1.29. The molecule has 0 unspecified atom stereocenters. The molecule has 1 aliphatic rings. The van der Waals surface area contributed by atoms with Gasteiger partial charge in [0.15, 0.2) is 11.4 Å². The van der Waals surface area contributed by atoms with Gasteiger partial charge in [-0.1, -0.05) is 17.0 Å². The highest BCUT2D eigenvalue weighted by molar-refractivity contribution is 7.92. The van der Waals surface area contributed by atoms with Crippen LogP contribution < -0.4 is 14.2 Å². The zero-order valence-corrected chi connectivity index (χ0v) is 23.5. The molecule has 1 N–H and O–H groups in total. The number of aromatic nitrogens is 4. The lowest BCUT2D eigenvalue weighted by Crippen LogP contribution is -2.49. The molecule has 0 radical (unpaired) electrons. The largest absolute Gasteiger partial charge is 0.495 e. The van der Waals surface area contributed by atoms with Crippen molar-refractivity contribution in [2.45, 2.75) is 30.8 Å². The van der Waals surface area contributed by atoms with E-state index < -0.39 is 10.0 Å². The molecule has 1 aromatic carbocycles. The number of benzene rings is 1. The van der Waals surface area contributed by atoms with Crippen LogP contribution in [0.5, 0.6) is 11.6 Å². The van der Waals surface area contributed by atoms with Gasteiger partial charge in [0.2, 0.25) is 5.88 Å². The summed E-state index contributed by atoms with van der Waals surface area (Å²) in [6.45, 7) is 7.43. The third-order valence-corrected chi connectivity index (χ3v) is 7.93. The Labute approximate surface area is 232 Å². The highest BCUT2D eigenvalue weighted by Gasteiger charge is 2.27. The summed E-state index contributed by atoms with van der Waals surface area (Å²) in [6, 6.07) is 8.16. The number of rotatable bonds is 8. The van der Waals surface area contributed by atoms with Crippen LogP contribution in [0.15, 0.2) is 52.1 Å². The molecule has 5 rings (SSSR count). The standard InChI is InChI=1S/C27H30N6O6S/c1-27(2,32-12-14-38-15-13-32)9-8-19-6-7-23(21(16-19)36-3)40(34,35)31-25-24-22(39-30-25)17-20(29-26(24)37-4)18-33-11-5-10-28-33/h5-7,10-11,16-17H,12-15,18H2,1-4H3,(H,30,31). The van der Waals surface area contributed by atoms with E-state index in [1.54, 1.807) is 41.3 Å². The van der Waals surface area contributed by atoms with Gasteiger partial charge in [-0.2, -0.15) is 5.10 Å². The third-order valence-electron chi connectivity index (χ3n) is 6.55. The Kier molecular flexibility index (Phi) is 7.66. The summed E-state index contributed by atoms with van der Waals surface area (Å²) in [6.07, 6.45) is 3.46. The van der Waals surface area contributed by atoms with Gasteiger partial charge in [-0.15, -0.1) is 0 Å². The van der Waals surface area contributed by atoms with Gasteiger partial charge in [0, 0.05) is 37.1 Å². The van der Waals surface area contributed by atoms with Crippen LogP contribution in [0, 0.1) is 11.8 Å². The SMILES string of the molecule is COc1cc(C#CC(C)(C)N2CCOCC2)ccc1S(=O)(=O)Nc1noc2cc(Cn3cccn3)nc(OC)c12. The van der Waals surface area contributed by atoms with Gasteiger partial charge in [0.25, 0.3) is 10.0 Å². The van der Waals surface area contributed by atoms with E-state index in [4.69, 9.17) is 18.7 Å². The zero-order chi connectivity index (χ0) is 28.3. The normalized spacial score (nSPS) is 14.5. The average molecular weight is 567 g/mol. The first-order valence-corrected chi connectivity index (χ1v) is 14.1. The summed E-state index contributed by atoms with van der Waals surface area (Å²) in [5.41, 5.74) is 1.17. The number of morpholine rings is 1. The molecule has 1 saturated heterocycles. The van der Waals surface area contributed by atoms with Gasteiger partial charge in [0.1, 0.15) is 16.0 Å². The van der Waals surface area contributed by atoms with Gasteiger partial charge in [-0.05, 0) is 38.1 Å². The summed E-state index contributed by atoms with van der Waals surface area (Å²) in [5.74, 6) is 6.70. The maximum atomic E-state index is 13.4. The fourth-order valence-electron chi connectivity index (χ4n) is 4.41. The van der Waals surface area contributed by atoms with Crippen LogP contribution in [0.4, 0.5) is 5.82 Å². The molecular weight excluding hydrogens is 536 g/mol. The number of fused-ring (bicyclic) bond motifs is 1. The highest BCUT2D eigenvalue weighted by Crippen LogP contribution is 2.34. The molecule has 3 aromatic heterocycles. The fourth-order valence-corrected chi connectivity index (χ4v) is 5.57. The van der Waals surface area contributed by atoms with Crippen molar-refractivity contribution in [1.82, 2.24) is 24.8 Å². The smallest absolute Gasteiger partial charge is 0.266 e. The molecule has 0 spiro atoms. The maximum Gasteiger partial charge on any atom is 0.266 e. The van der Waals surface area contributed by atoms with E-state index in [-0.39, 0.29) is 27.9 Å². The van der Waals surface area contributed by atoms with Gasteiger partial charge < -0.3 is 18.7 Å². The summed E-state index contributed by atoms with van der Waals surface area (Å²) in [5, 5.41) is 8.41. The third kappa shape index (κ3) is 5.74. The van der Waals surface area contributed by atoms with Crippen molar-refractivity contribution in [3.8, 4) is 23.5 Å². The number of hydrogen-bond donors (Lipinski definition) is 1. The zero-order valence-electron chi connectivity index (χ0n) is 22.7. The maximum absolute atomic E-state index is 13.4. The molecule has 4 aromatic rings. The first-order chi connectivity index (χ1) is 19.2. The lowest BCUT2D eigenvalue weighted by atomic mass is 10.0. The van der Waals surface area contributed by atoms with E-state index in [2.05, 4.69) is 50.5 Å². The number of anilines is 1. The van der Waals surface area contributed by atoms with E-state index in [0.717, 1.165) is 13.1 Å². The molecule has 210 valence electrons. The van der Waals surface area contributed by atoms with E-state index in [9.17, 15) is 8.42 Å². The topological polar surface area (TPSA) is 134 Å². The minimum Gasteiger partial charge on any atom is -0.495 e. The van der Waals surface area contributed by atoms with Crippen LogP contribution in [-0.2, 0) is 21.3 Å². The molecule has 0 amide bonds. The van der Waals surface area contributed by atoms with Gasteiger partial charge in [0.05, 0.1) is 45.2 Å². The van der Waals surface area contributed by atoms with Crippen molar-refractivity contribution < 1.29 is 27.2 Å². The van der Waals surface area contributed by atoms with Crippen molar-refractivity contribution in [1.29, 1.82) is 0 Å². The van der Waals surface area contributed by atoms with E-state index in [1.165, 1.54) is 20.3 Å². The molecule has 0 aliphatic carbocycles. The van der Waals surface area contributed by atoms with Crippen LogP contribution in [0.2, 0.25) is 0 Å². The first kappa shape index (κ1) is 27.4. The predicted octanol–water partition coefficient (Wildman–Crippen LogP) is 2.75. The molecule has 1 aliphatic heterocycles. The molecule has 12 nitrogen and oxygen atoms in total. The van der Waals surface area contributed by atoms with Gasteiger partial charge >= 0.3 is 0 Å². The second-order valence-electron chi connectivity index (χ2n) is 9.61. The minimum absolute atomic E-state index is 0.0526. The number of pyridine rings is 1. The van der Waals surface area contributed by atoms with E-state index >= 15 is 0 Å². The first-order valence-electron chi connectivity index (χ1n) is 12.6. The van der Waals surface area contributed by atoms with Crippen molar-refractivity contribution in [3.63, 3.8) is 0 Å². The Morgan fingerprint density at radius 1 is 1.15 bits per heavy atom. The Morgan fingerprint density at radius 2 is 1.95 bits per heavy atom. The average Bonchev–Trinajstić information content (AvgIpc) is 3.61. The van der Waals surface area contributed by atoms with E-state index in [0.29, 0.717) is 42.0 Å². The van der Waals surface area contributed by atoms with Crippen LogP contribution in [0.1, 0.15) is 25.1 Å². The van der Waals surface area contributed by atoms with Crippen molar-refractivity contribution in [2.24, 2.45) is 0 Å². The number of ether oxygens (including phenoxy) is 3. The number of nitrogens with one attached hydrogen (secondary N) is 1. The van der Waals surface area contributed by atoms with Crippen LogP contribution in [0.25, 0.3) is 11.0 Å². The summed E-state index contributed by atoms with van der Waals surface area (Å²) >= 11 is 0. The van der Waals surface area contributed by atoms with E-state index in [1.807, 2.05) is 0 Å². The predicted molar refractivity (Wildman–Crippen MR) is 147 cm³/mol. The second-order valence-corrected chi connectivity index (χ2v) is 11.3. The summed E-state index contributed by atoms with van der Waals surface area (Å²) < 4.78 is 52.8. The lowest BCUT2D eigenvalue weighted by Gasteiger charge is -2.37. The molecule has 1 fully saturated rings. The van der Waals surface area contributed by atoms with Crippen LogP contribution in [-0.4, -0.2) is 79.3 Å². The Hall–Kier alpha value is -4.12. The van der Waals surface area contributed by atoms with Gasteiger partial charge in [-0.25, -0.2) is 13.4 Å².